The predicted molar refractivity (Wildman–Crippen MR) is 108 cm³/mol. The first-order valence-corrected chi connectivity index (χ1v) is 9.28. The molecule has 2 aromatic rings. The summed E-state index contributed by atoms with van der Waals surface area (Å²) < 4.78 is 15.3. The number of anilines is 1. The van der Waals surface area contributed by atoms with Crippen LogP contribution in [-0.4, -0.2) is 37.2 Å². The van der Waals surface area contributed by atoms with Gasteiger partial charge in [0, 0.05) is 10.7 Å². The van der Waals surface area contributed by atoms with Gasteiger partial charge in [0.15, 0.2) is 13.2 Å². The van der Waals surface area contributed by atoms with Gasteiger partial charge in [0.1, 0.15) is 5.75 Å². The van der Waals surface area contributed by atoms with Gasteiger partial charge in [-0.25, -0.2) is 9.59 Å². The summed E-state index contributed by atoms with van der Waals surface area (Å²) in [4.78, 5) is 35.4. The van der Waals surface area contributed by atoms with Crippen LogP contribution in [-0.2, 0) is 19.1 Å². The number of rotatable bonds is 8. The molecule has 1 amide bonds. The smallest absolute Gasteiger partial charge is 0.344 e. The van der Waals surface area contributed by atoms with Crippen molar-refractivity contribution in [1.29, 1.82) is 0 Å². The van der Waals surface area contributed by atoms with Crippen molar-refractivity contribution < 1.29 is 28.6 Å². The molecule has 7 nitrogen and oxygen atoms in total. The third-order valence-corrected chi connectivity index (χ3v) is 4.02. The maximum Gasteiger partial charge on any atom is 0.344 e. The minimum absolute atomic E-state index is 0.218. The lowest BCUT2D eigenvalue weighted by molar-refractivity contribution is -0.149. The first-order chi connectivity index (χ1) is 13.7. The SMILES string of the molecule is Cc1cc(OCC(=O)OCC(=O)Nc2ccc(C(=O)OC(C)C)cc2)ccc1Cl. The van der Waals surface area contributed by atoms with E-state index in [2.05, 4.69) is 5.32 Å². The van der Waals surface area contributed by atoms with Gasteiger partial charge in [0.2, 0.25) is 0 Å². The lowest BCUT2D eigenvalue weighted by Crippen LogP contribution is -2.23. The molecule has 0 fully saturated rings. The molecule has 8 heteroatoms. The second kappa shape index (κ2) is 10.5. The highest BCUT2D eigenvalue weighted by Crippen LogP contribution is 2.21. The number of esters is 2. The van der Waals surface area contributed by atoms with Crippen molar-refractivity contribution in [2.75, 3.05) is 18.5 Å². The molecule has 29 heavy (non-hydrogen) atoms. The van der Waals surface area contributed by atoms with Crippen LogP contribution in [0.15, 0.2) is 42.5 Å². The molecule has 0 heterocycles. The Morgan fingerprint density at radius 1 is 1.03 bits per heavy atom. The van der Waals surface area contributed by atoms with Crippen LogP contribution < -0.4 is 10.1 Å². The number of hydrogen-bond acceptors (Lipinski definition) is 6. The van der Waals surface area contributed by atoms with E-state index in [1.54, 1.807) is 44.2 Å². The molecular weight excluding hydrogens is 398 g/mol. The van der Waals surface area contributed by atoms with Crippen molar-refractivity contribution >= 4 is 35.1 Å². The first-order valence-electron chi connectivity index (χ1n) is 8.90. The van der Waals surface area contributed by atoms with Crippen LogP contribution in [0.1, 0.15) is 29.8 Å². The van der Waals surface area contributed by atoms with Gasteiger partial charge in [-0.3, -0.25) is 4.79 Å². The summed E-state index contributed by atoms with van der Waals surface area (Å²) in [7, 11) is 0. The van der Waals surface area contributed by atoms with E-state index in [0.717, 1.165) is 5.56 Å². The molecule has 0 saturated heterocycles. The zero-order chi connectivity index (χ0) is 21.4. The van der Waals surface area contributed by atoms with Crippen LogP contribution in [0.4, 0.5) is 5.69 Å². The lowest BCUT2D eigenvalue weighted by Gasteiger charge is -2.10. The standard InChI is InChI=1S/C21H22ClNO6/c1-13(2)29-21(26)15-4-6-16(7-5-15)23-19(24)11-28-20(25)12-27-17-8-9-18(22)14(3)10-17/h4-10,13H,11-12H2,1-3H3,(H,23,24). The van der Waals surface area contributed by atoms with Gasteiger partial charge in [0.05, 0.1) is 11.7 Å². The van der Waals surface area contributed by atoms with Crippen molar-refractivity contribution in [2.24, 2.45) is 0 Å². The number of carbonyl (C=O) groups is 3. The van der Waals surface area contributed by atoms with E-state index >= 15 is 0 Å². The van der Waals surface area contributed by atoms with E-state index in [-0.39, 0.29) is 12.7 Å². The third-order valence-electron chi connectivity index (χ3n) is 3.60. The van der Waals surface area contributed by atoms with E-state index in [1.807, 2.05) is 6.92 Å². The lowest BCUT2D eigenvalue weighted by atomic mass is 10.2. The summed E-state index contributed by atoms with van der Waals surface area (Å²) >= 11 is 5.92. The molecule has 2 rings (SSSR count). The van der Waals surface area contributed by atoms with Gasteiger partial charge in [-0.2, -0.15) is 0 Å². The van der Waals surface area contributed by atoms with Crippen LogP contribution in [0, 0.1) is 6.92 Å². The highest BCUT2D eigenvalue weighted by atomic mass is 35.5. The molecule has 0 bridgehead atoms. The topological polar surface area (TPSA) is 90.9 Å². The molecule has 0 radical (unpaired) electrons. The molecule has 0 saturated carbocycles. The fraction of sp³-hybridized carbons (Fsp3) is 0.286. The Hall–Kier alpha value is -3.06. The quantitative estimate of drug-likeness (QED) is 0.655. The molecule has 154 valence electrons. The number of amides is 1. The molecule has 1 N–H and O–H groups in total. The van der Waals surface area contributed by atoms with E-state index in [1.165, 1.54) is 12.1 Å². The van der Waals surface area contributed by atoms with E-state index in [0.29, 0.717) is 22.0 Å². The summed E-state index contributed by atoms with van der Waals surface area (Å²) in [5.41, 5.74) is 1.65. The van der Waals surface area contributed by atoms with Gasteiger partial charge in [0.25, 0.3) is 5.91 Å². The van der Waals surface area contributed by atoms with Crippen molar-refractivity contribution in [3.05, 3.63) is 58.6 Å². The van der Waals surface area contributed by atoms with Crippen molar-refractivity contribution in [3.63, 3.8) is 0 Å². The van der Waals surface area contributed by atoms with Crippen LogP contribution in [0.5, 0.6) is 5.75 Å². The molecule has 0 unspecified atom stereocenters. The monoisotopic (exact) mass is 419 g/mol. The second-order valence-electron chi connectivity index (χ2n) is 6.44. The summed E-state index contributed by atoms with van der Waals surface area (Å²) in [5, 5.41) is 3.17. The highest BCUT2D eigenvalue weighted by molar-refractivity contribution is 6.31. The van der Waals surface area contributed by atoms with Gasteiger partial charge >= 0.3 is 11.9 Å². The average Bonchev–Trinajstić information content (AvgIpc) is 2.67. The second-order valence-corrected chi connectivity index (χ2v) is 6.85. The summed E-state index contributed by atoms with van der Waals surface area (Å²) in [6, 6.07) is 11.2. The van der Waals surface area contributed by atoms with Gasteiger partial charge in [-0.1, -0.05) is 11.6 Å². The number of ether oxygens (including phenoxy) is 3. The predicted octanol–water partition coefficient (Wildman–Crippen LogP) is 3.77. The maximum absolute atomic E-state index is 11.9. The Labute approximate surface area is 173 Å². The maximum atomic E-state index is 11.9. The van der Waals surface area contributed by atoms with Crippen molar-refractivity contribution in [1.82, 2.24) is 0 Å². The average molecular weight is 420 g/mol. The zero-order valence-corrected chi connectivity index (χ0v) is 17.1. The molecule has 0 atom stereocenters. The van der Waals surface area contributed by atoms with E-state index < -0.39 is 24.5 Å². The number of carbonyl (C=O) groups excluding carboxylic acids is 3. The van der Waals surface area contributed by atoms with Crippen LogP contribution in [0.2, 0.25) is 5.02 Å². The van der Waals surface area contributed by atoms with Crippen molar-refractivity contribution in [3.8, 4) is 5.75 Å². The Balaban J connectivity index is 1.75. The molecule has 0 aliphatic rings. The number of hydrogen-bond donors (Lipinski definition) is 1. The number of nitrogens with one attached hydrogen (secondary N) is 1. The molecular formula is C21H22ClNO6. The highest BCUT2D eigenvalue weighted by Gasteiger charge is 2.11. The third kappa shape index (κ3) is 7.46. The number of benzene rings is 2. The Morgan fingerprint density at radius 2 is 1.72 bits per heavy atom. The van der Waals surface area contributed by atoms with Gasteiger partial charge < -0.3 is 19.5 Å². The minimum Gasteiger partial charge on any atom is -0.482 e. The van der Waals surface area contributed by atoms with Crippen LogP contribution in [0.25, 0.3) is 0 Å². The fourth-order valence-corrected chi connectivity index (χ4v) is 2.32. The summed E-state index contributed by atoms with van der Waals surface area (Å²) in [5.74, 6) is -1.16. The Kier molecular flexibility index (Phi) is 8.03. The molecule has 2 aromatic carbocycles. The van der Waals surface area contributed by atoms with Gasteiger partial charge in [-0.05, 0) is 68.8 Å². The van der Waals surface area contributed by atoms with E-state index in [4.69, 9.17) is 25.8 Å². The normalized spacial score (nSPS) is 10.4. The van der Waals surface area contributed by atoms with Gasteiger partial charge in [-0.15, -0.1) is 0 Å². The molecule has 0 spiro atoms. The largest absolute Gasteiger partial charge is 0.482 e. The Bertz CT molecular complexity index is 879. The molecule has 0 aliphatic carbocycles. The molecule has 0 aromatic heterocycles. The minimum atomic E-state index is -0.681. The summed E-state index contributed by atoms with van der Waals surface area (Å²) in [6.07, 6.45) is -0.218. The van der Waals surface area contributed by atoms with Crippen LogP contribution >= 0.6 is 11.6 Å². The van der Waals surface area contributed by atoms with Crippen molar-refractivity contribution in [2.45, 2.75) is 26.9 Å². The van der Waals surface area contributed by atoms with E-state index in [9.17, 15) is 14.4 Å². The molecule has 0 aliphatic heterocycles. The number of halogens is 1. The first kappa shape index (κ1) is 22.2. The fourth-order valence-electron chi connectivity index (χ4n) is 2.21. The summed E-state index contributed by atoms with van der Waals surface area (Å²) in [6.45, 7) is 4.54. The zero-order valence-electron chi connectivity index (χ0n) is 16.4. The van der Waals surface area contributed by atoms with Crippen LogP contribution in [0.3, 0.4) is 0 Å². The Morgan fingerprint density at radius 3 is 2.34 bits per heavy atom. The number of aryl methyl sites for hydroxylation is 1.